The van der Waals surface area contributed by atoms with Gasteiger partial charge in [0.05, 0.1) is 25.0 Å². The van der Waals surface area contributed by atoms with Crippen molar-refractivity contribution in [3.05, 3.63) is 72.2 Å². The first-order chi connectivity index (χ1) is 15.5. The van der Waals surface area contributed by atoms with Crippen LogP contribution in [0.15, 0.2) is 60.9 Å². The zero-order valence-corrected chi connectivity index (χ0v) is 18.2. The quantitative estimate of drug-likeness (QED) is 0.426. The molecule has 0 saturated carbocycles. The summed E-state index contributed by atoms with van der Waals surface area (Å²) in [5.74, 6) is 0.749. The lowest BCUT2D eigenvalue weighted by atomic mass is 10.0. The SMILES string of the molecule is CCOC(=O)c1c(COc2ccccc2OC)n(C)c2cc(-c3cccnc3)c(O)cc12. The van der Waals surface area contributed by atoms with Crippen molar-refractivity contribution in [3.8, 4) is 28.4 Å². The molecule has 0 radical (unpaired) electrons. The summed E-state index contributed by atoms with van der Waals surface area (Å²) in [5.41, 5.74) is 3.17. The summed E-state index contributed by atoms with van der Waals surface area (Å²) in [7, 11) is 3.43. The Hall–Kier alpha value is -4.00. The van der Waals surface area contributed by atoms with Crippen LogP contribution in [0.1, 0.15) is 23.0 Å². The fourth-order valence-electron chi connectivity index (χ4n) is 3.76. The molecule has 0 amide bonds. The fraction of sp³-hybridized carbons (Fsp3) is 0.200. The number of hydrogen-bond acceptors (Lipinski definition) is 6. The van der Waals surface area contributed by atoms with Gasteiger partial charge in [0.1, 0.15) is 12.4 Å². The number of benzene rings is 2. The fourth-order valence-corrected chi connectivity index (χ4v) is 3.76. The second-order valence-corrected chi connectivity index (χ2v) is 7.17. The van der Waals surface area contributed by atoms with Gasteiger partial charge < -0.3 is 23.9 Å². The lowest BCUT2D eigenvalue weighted by molar-refractivity contribution is 0.0525. The summed E-state index contributed by atoms with van der Waals surface area (Å²) in [6.07, 6.45) is 3.36. The van der Waals surface area contributed by atoms with Gasteiger partial charge in [-0.25, -0.2) is 4.79 Å². The standard InChI is InChI=1S/C25H24N2O5/c1-4-31-25(29)24-18-13-21(28)17(16-8-7-11-26-14-16)12-19(18)27(2)20(24)15-32-23-10-6-5-9-22(23)30-3/h5-14,28H,4,15H2,1-3H3. The lowest BCUT2D eigenvalue weighted by Crippen LogP contribution is -2.11. The summed E-state index contributed by atoms with van der Waals surface area (Å²) >= 11 is 0. The number of carbonyl (C=O) groups excluding carboxylic acids is 1. The number of carbonyl (C=O) groups is 1. The number of para-hydroxylation sites is 2. The summed E-state index contributed by atoms with van der Waals surface area (Å²) in [6.45, 7) is 2.11. The predicted octanol–water partition coefficient (Wildman–Crippen LogP) is 4.71. The highest BCUT2D eigenvalue weighted by Crippen LogP contribution is 2.37. The van der Waals surface area contributed by atoms with E-state index >= 15 is 0 Å². The molecule has 0 unspecified atom stereocenters. The number of hydrogen-bond donors (Lipinski definition) is 1. The third kappa shape index (κ3) is 3.85. The number of aromatic nitrogens is 2. The number of aryl methyl sites for hydroxylation is 1. The van der Waals surface area contributed by atoms with Crippen LogP contribution in [0.5, 0.6) is 17.2 Å². The molecule has 0 saturated heterocycles. The van der Waals surface area contributed by atoms with Crippen LogP contribution in [0.2, 0.25) is 0 Å². The first kappa shape index (κ1) is 21.2. The van der Waals surface area contributed by atoms with Gasteiger partial charge in [0, 0.05) is 41.5 Å². The topological polar surface area (TPSA) is 82.8 Å². The summed E-state index contributed by atoms with van der Waals surface area (Å²) in [6, 6.07) is 14.4. The second kappa shape index (κ2) is 9.01. The van der Waals surface area contributed by atoms with Crippen LogP contribution >= 0.6 is 0 Å². The second-order valence-electron chi connectivity index (χ2n) is 7.17. The average Bonchev–Trinajstić information content (AvgIpc) is 3.08. The van der Waals surface area contributed by atoms with E-state index < -0.39 is 5.97 Å². The van der Waals surface area contributed by atoms with E-state index in [1.54, 1.807) is 50.7 Å². The van der Waals surface area contributed by atoms with E-state index in [9.17, 15) is 9.90 Å². The molecule has 2 aromatic carbocycles. The minimum absolute atomic E-state index is 0.0545. The number of rotatable bonds is 7. The molecule has 0 atom stereocenters. The van der Waals surface area contributed by atoms with E-state index in [4.69, 9.17) is 14.2 Å². The maximum Gasteiger partial charge on any atom is 0.340 e. The van der Waals surface area contributed by atoms with Gasteiger partial charge in [-0.05, 0) is 37.3 Å². The number of nitrogens with zero attached hydrogens (tertiary/aromatic N) is 2. The molecule has 2 aromatic heterocycles. The van der Waals surface area contributed by atoms with Crippen LogP contribution in [0.25, 0.3) is 22.0 Å². The van der Waals surface area contributed by atoms with E-state index in [0.29, 0.717) is 33.7 Å². The highest BCUT2D eigenvalue weighted by Gasteiger charge is 2.24. The van der Waals surface area contributed by atoms with Crippen molar-refractivity contribution in [1.82, 2.24) is 9.55 Å². The van der Waals surface area contributed by atoms with Crippen molar-refractivity contribution in [2.45, 2.75) is 13.5 Å². The first-order valence-corrected chi connectivity index (χ1v) is 10.2. The Labute approximate surface area is 185 Å². The molecule has 1 N–H and O–H groups in total. The van der Waals surface area contributed by atoms with Crippen molar-refractivity contribution in [3.63, 3.8) is 0 Å². The van der Waals surface area contributed by atoms with Gasteiger partial charge in [-0.3, -0.25) is 4.98 Å². The van der Waals surface area contributed by atoms with E-state index in [2.05, 4.69) is 4.98 Å². The van der Waals surface area contributed by atoms with Gasteiger partial charge in [-0.2, -0.15) is 0 Å². The molecule has 4 aromatic rings. The molecule has 0 aliphatic heterocycles. The zero-order valence-electron chi connectivity index (χ0n) is 18.2. The highest BCUT2D eigenvalue weighted by atomic mass is 16.5. The van der Waals surface area contributed by atoms with Crippen molar-refractivity contribution in [2.75, 3.05) is 13.7 Å². The molecule has 164 valence electrons. The van der Waals surface area contributed by atoms with E-state index in [1.807, 2.05) is 35.9 Å². The molecule has 0 fully saturated rings. The van der Waals surface area contributed by atoms with Crippen LogP contribution in [-0.4, -0.2) is 34.3 Å². The van der Waals surface area contributed by atoms with Gasteiger partial charge in [0.25, 0.3) is 0 Å². The predicted molar refractivity (Wildman–Crippen MR) is 121 cm³/mol. The van der Waals surface area contributed by atoms with Gasteiger partial charge in [-0.15, -0.1) is 0 Å². The summed E-state index contributed by atoms with van der Waals surface area (Å²) < 4.78 is 18.6. The minimum atomic E-state index is -0.467. The number of phenols is 1. The molecular formula is C25H24N2O5. The Balaban J connectivity index is 1.84. The smallest absolute Gasteiger partial charge is 0.340 e. The Morgan fingerprint density at radius 2 is 1.91 bits per heavy atom. The Morgan fingerprint density at radius 1 is 1.12 bits per heavy atom. The maximum absolute atomic E-state index is 12.9. The van der Waals surface area contributed by atoms with E-state index in [1.165, 1.54) is 0 Å². The number of ether oxygens (including phenoxy) is 3. The number of methoxy groups -OCH3 is 1. The highest BCUT2D eigenvalue weighted by molar-refractivity contribution is 6.07. The molecular weight excluding hydrogens is 408 g/mol. The summed E-state index contributed by atoms with van der Waals surface area (Å²) in [5, 5.41) is 11.3. The Morgan fingerprint density at radius 3 is 2.59 bits per heavy atom. The van der Waals surface area contributed by atoms with Gasteiger partial charge >= 0.3 is 5.97 Å². The molecule has 7 heteroatoms. The molecule has 0 aliphatic rings. The summed E-state index contributed by atoms with van der Waals surface area (Å²) in [4.78, 5) is 17.0. The zero-order chi connectivity index (χ0) is 22.7. The van der Waals surface area contributed by atoms with Crippen LogP contribution in [0.4, 0.5) is 0 Å². The van der Waals surface area contributed by atoms with E-state index in [-0.39, 0.29) is 19.0 Å². The Kier molecular flexibility index (Phi) is 5.98. The molecule has 4 rings (SSSR count). The maximum atomic E-state index is 12.9. The molecule has 2 heterocycles. The molecule has 7 nitrogen and oxygen atoms in total. The van der Waals surface area contributed by atoms with Crippen LogP contribution in [0, 0.1) is 0 Å². The number of aromatic hydroxyl groups is 1. The Bertz CT molecular complexity index is 1260. The monoisotopic (exact) mass is 432 g/mol. The van der Waals surface area contributed by atoms with Gasteiger partial charge in [0.15, 0.2) is 11.5 Å². The average molecular weight is 432 g/mol. The first-order valence-electron chi connectivity index (χ1n) is 10.2. The number of pyridine rings is 1. The number of fused-ring (bicyclic) bond motifs is 1. The van der Waals surface area contributed by atoms with Gasteiger partial charge in [0.2, 0.25) is 0 Å². The van der Waals surface area contributed by atoms with Crippen molar-refractivity contribution < 1.29 is 24.1 Å². The number of esters is 1. The van der Waals surface area contributed by atoms with E-state index in [0.717, 1.165) is 11.1 Å². The van der Waals surface area contributed by atoms with Crippen molar-refractivity contribution in [2.24, 2.45) is 7.05 Å². The van der Waals surface area contributed by atoms with Crippen molar-refractivity contribution in [1.29, 1.82) is 0 Å². The molecule has 32 heavy (non-hydrogen) atoms. The third-order valence-corrected chi connectivity index (χ3v) is 5.32. The van der Waals surface area contributed by atoms with Crippen LogP contribution in [0.3, 0.4) is 0 Å². The molecule has 0 aliphatic carbocycles. The van der Waals surface area contributed by atoms with Crippen LogP contribution in [-0.2, 0) is 18.4 Å². The molecule has 0 bridgehead atoms. The third-order valence-electron chi connectivity index (χ3n) is 5.32. The largest absolute Gasteiger partial charge is 0.507 e. The van der Waals surface area contributed by atoms with Gasteiger partial charge in [-0.1, -0.05) is 18.2 Å². The normalized spacial score (nSPS) is 10.8. The van der Waals surface area contributed by atoms with Crippen molar-refractivity contribution >= 4 is 16.9 Å². The number of phenolic OH excluding ortho intramolecular Hbond substituents is 1. The molecule has 0 spiro atoms. The van der Waals surface area contributed by atoms with Crippen LogP contribution < -0.4 is 9.47 Å². The lowest BCUT2D eigenvalue weighted by Gasteiger charge is -2.12. The minimum Gasteiger partial charge on any atom is -0.507 e.